The van der Waals surface area contributed by atoms with Crippen LogP contribution >= 0.6 is 0 Å². The van der Waals surface area contributed by atoms with E-state index < -0.39 is 5.60 Å². The molecule has 0 aromatic heterocycles. The van der Waals surface area contributed by atoms with Crippen LogP contribution in [0.25, 0.3) is 0 Å². The summed E-state index contributed by atoms with van der Waals surface area (Å²) in [7, 11) is 2.15. The van der Waals surface area contributed by atoms with Gasteiger partial charge in [0.25, 0.3) is 0 Å². The fourth-order valence-corrected chi connectivity index (χ4v) is 2.80. The van der Waals surface area contributed by atoms with Crippen LogP contribution in [0.2, 0.25) is 0 Å². The van der Waals surface area contributed by atoms with Crippen LogP contribution in [0.5, 0.6) is 0 Å². The molecule has 1 saturated heterocycles. The lowest BCUT2D eigenvalue weighted by Crippen LogP contribution is -2.38. The van der Waals surface area contributed by atoms with Crippen molar-refractivity contribution in [3.63, 3.8) is 0 Å². The maximum Gasteiger partial charge on any atom is 0.418 e. The van der Waals surface area contributed by atoms with Gasteiger partial charge in [0, 0.05) is 24.8 Å². The molecule has 0 bridgehead atoms. The summed E-state index contributed by atoms with van der Waals surface area (Å²) in [5, 5.41) is 0. The number of hydrogen-bond acceptors (Lipinski definition) is 4. The first-order valence-corrected chi connectivity index (χ1v) is 7.53. The zero-order chi connectivity index (χ0) is 15.3. The van der Waals surface area contributed by atoms with Crippen LogP contribution in [0.15, 0.2) is 29.7 Å². The molecule has 0 aliphatic carbocycles. The lowest BCUT2D eigenvalue weighted by molar-refractivity contribution is 0.00391. The number of likely N-dealkylation sites (tertiary alicyclic amines) is 1. The Labute approximate surface area is 127 Å². The molecule has 21 heavy (non-hydrogen) atoms. The lowest BCUT2D eigenvalue weighted by Gasteiger charge is -2.35. The molecule has 5 heteroatoms. The second-order valence-electron chi connectivity index (χ2n) is 6.42. The molecule has 2 aliphatic heterocycles. The van der Waals surface area contributed by atoms with Gasteiger partial charge < -0.3 is 9.64 Å². The van der Waals surface area contributed by atoms with Crippen LogP contribution in [0, 0.1) is 5.92 Å². The second-order valence-corrected chi connectivity index (χ2v) is 6.42. The van der Waals surface area contributed by atoms with Crippen molar-refractivity contribution in [3.8, 4) is 0 Å². The Hall–Kier alpha value is -1.62. The van der Waals surface area contributed by atoms with Crippen molar-refractivity contribution in [1.29, 1.82) is 0 Å². The molecule has 0 radical (unpaired) electrons. The third-order valence-electron chi connectivity index (χ3n) is 3.92. The van der Waals surface area contributed by atoms with Crippen molar-refractivity contribution in [3.05, 3.63) is 24.7 Å². The summed E-state index contributed by atoms with van der Waals surface area (Å²) < 4.78 is 5.68. The molecule has 0 saturated carbocycles. The summed E-state index contributed by atoms with van der Waals surface area (Å²) in [5.41, 5.74) is -0.452. The summed E-state index contributed by atoms with van der Waals surface area (Å²) in [6, 6.07) is 0. The zero-order valence-electron chi connectivity index (χ0n) is 13.2. The topological polar surface area (TPSA) is 45.1 Å². The number of rotatable bonds is 3. The molecule has 2 rings (SSSR count). The number of carbonyl (C=O) groups is 1. The standard InChI is InChI=1S/C16H25N3O2/c1-16(2,13-14-5-10-18(3)11-6-14)21-15(20)19-9-4-7-17-8-12-19/h4,7-9,12,14H,5-6,10-11,13H2,1-3H3. The monoisotopic (exact) mass is 291 g/mol. The molecule has 116 valence electrons. The molecule has 0 aromatic carbocycles. The Morgan fingerprint density at radius 2 is 2.05 bits per heavy atom. The second kappa shape index (κ2) is 6.89. The van der Waals surface area contributed by atoms with Crippen LogP contribution in [-0.4, -0.2) is 47.8 Å². The van der Waals surface area contributed by atoms with Crippen molar-refractivity contribution in [1.82, 2.24) is 9.80 Å². The molecule has 0 aromatic rings. The number of hydrogen-bond donors (Lipinski definition) is 0. The van der Waals surface area contributed by atoms with E-state index in [-0.39, 0.29) is 6.09 Å². The van der Waals surface area contributed by atoms with E-state index in [4.69, 9.17) is 4.74 Å². The highest BCUT2D eigenvalue weighted by atomic mass is 16.6. The predicted octanol–water partition coefficient (Wildman–Crippen LogP) is 3.00. The summed E-state index contributed by atoms with van der Waals surface area (Å²) in [6.45, 7) is 6.24. The van der Waals surface area contributed by atoms with Gasteiger partial charge in [-0.25, -0.2) is 4.79 Å². The first-order chi connectivity index (χ1) is 9.96. The van der Waals surface area contributed by atoms with Crippen molar-refractivity contribution in [2.24, 2.45) is 10.9 Å². The first kappa shape index (κ1) is 15.8. The van der Waals surface area contributed by atoms with Gasteiger partial charge in [0.15, 0.2) is 0 Å². The molecule has 0 N–H and O–H groups in total. The molecule has 2 aliphatic rings. The van der Waals surface area contributed by atoms with E-state index in [2.05, 4.69) is 16.9 Å². The van der Waals surface area contributed by atoms with Gasteiger partial charge in [0.05, 0.1) is 0 Å². The smallest absolute Gasteiger partial charge is 0.418 e. The van der Waals surface area contributed by atoms with Crippen molar-refractivity contribution >= 4 is 12.3 Å². The minimum atomic E-state index is -0.452. The van der Waals surface area contributed by atoms with E-state index in [0.29, 0.717) is 5.92 Å². The van der Waals surface area contributed by atoms with Crippen molar-refractivity contribution in [2.45, 2.75) is 38.7 Å². The van der Waals surface area contributed by atoms with E-state index in [9.17, 15) is 4.79 Å². The van der Waals surface area contributed by atoms with Crippen molar-refractivity contribution in [2.75, 3.05) is 20.1 Å². The molecule has 5 nitrogen and oxygen atoms in total. The number of ether oxygens (including phenoxy) is 1. The fraction of sp³-hybridized carbons (Fsp3) is 0.625. The van der Waals surface area contributed by atoms with Gasteiger partial charge in [-0.3, -0.25) is 9.89 Å². The van der Waals surface area contributed by atoms with E-state index in [1.54, 1.807) is 30.9 Å². The third-order valence-corrected chi connectivity index (χ3v) is 3.92. The van der Waals surface area contributed by atoms with E-state index in [1.807, 2.05) is 13.8 Å². The van der Waals surface area contributed by atoms with Crippen LogP contribution < -0.4 is 0 Å². The molecule has 0 atom stereocenters. The largest absolute Gasteiger partial charge is 0.443 e. The van der Waals surface area contributed by atoms with Gasteiger partial charge in [-0.2, -0.15) is 0 Å². The van der Waals surface area contributed by atoms with Crippen molar-refractivity contribution < 1.29 is 9.53 Å². The Morgan fingerprint density at radius 1 is 1.33 bits per heavy atom. The highest BCUT2D eigenvalue weighted by molar-refractivity contribution is 5.76. The molecule has 1 fully saturated rings. The zero-order valence-corrected chi connectivity index (χ0v) is 13.2. The number of piperidine rings is 1. The number of aliphatic imine (C=N–C) groups is 1. The SMILES string of the molecule is CN1CCC(CC(C)(C)OC(=O)N2C=CC=NC=C2)CC1. The third kappa shape index (κ3) is 5.01. The number of allylic oxidation sites excluding steroid dienone is 1. The number of carbonyl (C=O) groups excluding carboxylic acids is 1. The number of nitrogens with zero attached hydrogens (tertiary/aromatic N) is 3. The Kier molecular flexibility index (Phi) is 5.17. The van der Waals surface area contributed by atoms with Gasteiger partial charge in [0.2, 0.25) is 0 Å². The van der Waals surface area contributed by atoms with Gasteiger partial charge in [-0.05, 0) is 65.2 Å². The maximum absolute atomic E-state index is 12.2. The Balaban J connectivity index is 1.86. The van der Waals surface area contributed by atoms with Crippen LogP contribution in [-0.2, 0) is 4.74 Å². The molecular weight excluding hydrogens is 266 g/mol. The van der Waals surface area contributed by atoms with Crippen LogP contribution in [0.3, 0.4) is 0 Å². The first-order valence-electron chi connectivity index (χ1n) is 7.53. The lowest BCUT2D eigenvalue weighted by atomic mass is 9.86. The van der Waals surface area contributed by atoms with Gasteiger partial charge in [0.1, 0.15) is 5.60 Å². The van der Waals surface area contributed by atoms with E-state index in [1.165, 1.54) is 17.7 Å². The molecule has 1 amide bonds. The van der Waals surface area contributed by atoms with Gasteiger partial charge >= 0.3 is 6.09 Å². The Morgan fingerprint density at radius 3 is 2.76 bits per heavy atom. The van der Waals surface area contributed by atoms with E-state index in [0.717, 1.165) is 19.5 Å². The number of amides is 1. The minimum Gasteiger partial charge on any atom is -0.443 e. The summed E-state index contributed by atoms with van der Waals surface area (Å²) >= 11 is 0. The average molecular weight is 291 g/mol. The highest BCUT2D eigenvalue weighted by Crippen LogP contribution is 2.28. The predicted molar refractivity (Wildman–Crippen MR) is 84.0 cm³/mol. The molecule has 0 unspecified atom stereocenters. The van der Waals surface area contributed by atoms with Crippen LogP contribution in [0.1, 0.15) is 33.1 Å². The molecular formula is C16H25N3O2. The quantitative estimate of drug-likeness (QED) is 0.803. The van der Waals surface area contributed by atoms with Gasteiger partial charge in [-0.1, -0.05) is 0 Å². The Bertz CT molecular complexity index is 430. The summed E-state index contributed by atoms with van der Waals surface area (Å²) in [5.74, 6) is 0.627. The minimum absolute atomic E-state index is 0.356. The van der Waals surface area contributed by atoms with Gasteiger partial charge in [-0.15, -0.1) is 0 Å². The van der Waals surface area contributed by atoms with E-state index >= 15 is 0 Å². The summed E-state index contributed by atoms with van der Waals surface area (Å²) in [4.78, 5) is 19.9. The molecule has 2 heterocycles. The summed E-state index contributed by atoms with van der Waals surface area (Å²) in [6.07, 6.45) is 11.1. The molecule has 0 spiro atoms. The average Bonchev–Trinajstić information content (AvgIpc) is 2.69. The maximum atomic E-state index is 12.2. The highest BCUT2D eigenvalue weighted by Gasteiger charge is 2.30. The fourth-order valence-electron chi connectivity index (χ4n) is 2.80. The normalized spacial score (nSPS) is 20.6. The van der Waals surface area contributed by atoms with Crippen LogP contribution in [0.4, 0.5) is 4.79 Å².